The van der Waals surface area contributed by atoms with E-state index < -0.39 is 0 Å². The summed E-state index contributed by atoms with van der Waals surface area (Å²) in [7, 11) is 3.22. The molecule has 0 aliphatic rings. The zero-order valence-electron chi connectivity index (χ0n) is 17.5. The Balaban J connectivity index is 1.71. The number of thiazole rings is 1. The Labute approximate surface area is 188 Å². The SMILES string of the molecule is COc1ccc(OC)c2sc(N(Cc3ccco3)C(=O)Cc3ccc(SC)cc3)nc12. The molecule has 6 nitrogen and oxygen atoms in total. The number of carbonyl (C=O) groups excluding carboxylic acids is 1. The molecule has 1 amide bonds. The van der Waals surface area contributed by atoms with Crippen LogP contribution >= 0.6 is 23.1 Å². The Hall–Kier alpha value is -2.97. The molecule has 0 radical (unpaired) electrons. The van der Waals surface area contributed by atoms with Gasteiger partial charge in [-0.1, -0.05) is 23.5 Å². The number of carbonyl (C=O) groups is 1. The number of hydrogen-bond donors (Lipinski definition) is 0. The molecule has 8 heteroatoms. The fourth-order valence-electron chi connectivity index (χ4n) is 3.22. The molecular weight excluding hydrogens is 432 g/mol. The van der Waals surface area contributed by atoms with E-state index in [9.17, 15) is 4.79 Å². The van der Waals surface area contributed by atoms with Crippen LogP contribution in [0, 0.1) is 0 Å². The number of hydrogen-bond acceptors (Lipinski definition) is 7. The van der Waals surface area contributed by atoms with Gasteiger partial charge in [-0.05, 0) is 48.2 Å². The number of furan rings is 1. The fourth-order valence-corrected chi connectivity index (χ4v) is 4.72. The standard InChI is InChI=1S/C23H22N2O4S2/c1-27-18-10-11-19(28-2)22-21(18)24-23(31-22)25(14-16-5-4-12-29-16)20(26)13-15-6-8-17(30-3)9-7-15/h4-12H,13-14H2,1-3H3. The van der Waals surface area contributed by atoms with E-state index in [2.05, 4.69) is 0 Å². The largest absolute Gasteiger partial charge is 0.495 e. The van der Waals surface area contributed by atoms with Crippen LogP contribution in [0.25, 0.3) is 10.2 Å². The van der Waals surface area contributed by atoms with Gasteiger partial charge < -0.3 is 13.9 Å². The Bertz CT molecular complexity index is 1130. The Morgan fingerprint density at radius 3 is 2.48 bits per heavy atom. The van der Waals surface area contributed by atoms with Gasteiger partial charge in [0.2, 0.25) is 5.91 Å². The van der Waals surface area contributed by atoms with Crippen LogP contribution in [0.2, 0.25) is 0 Å². The van der Waals surface area contributed by atoms with Crippen molar-refractivity contribution in [3.05, 3.63) is 66.1 Å². The molecule has 2 aromatic carbocycles. The van der Waals surface area contributed by atoms with E-state index in [-0.39, 0.29) is 12.3 Å². The Morgan fingerprint density at radius 1 is 1.10 bits per heavy atom. The molecule has 0 N–H and O–H groups in total. The van der Waals surface area contributed by atoms with Crippen LogP contribution in [0.5, 0.6) is 11.5 Å². The lowest BCUT2D eigenvalue weighted by atomic mass is 10.1. The van der Waals surface area contributed by atoms with E-state index in [1.54, 1.807) is 37.1 Å². The molecule has 0 saturated heterocycles. The first-order valence-corrected chi connectivity index (χ1v) is 11.6. The van der Waals surface area contributed by atoms with Crippen LogP contribution < -0.4 is 14.4 Å². The van der Waals surface area contributed by atoms with Gasteiger partial charge in [0.05, 0.1) is 33.4 Å². The van der Waals surface area contributed by atoms with Crippen molar-refractivity contribution in [3.63, 3.8) is 0 Å². The van der Waals surface area contributed by atoms with Crippen molar-refractivity contribution in [1.29, 1.82) is 0 Å². The van der Waals surface area contributed by atoms with Gasteiger partial charge in [-0.3, -0.25) is 9.69 Å². The molecule has 2 heterocycles. The van der Waals surface area contributed by atoms with Crippen molar-refractivity contribution in [2.24, 2.45) is 0 Å². The highest BCUT2D eigenvalue weighted by Crippen LogP contribution is 2.40. The lowest BCUT2D eigenvalue weighted by Gasteiger charge is -2.19. The first-order valence-electron chi connectivity index (χ1n) is 9.60. The molecule has 0 aliphatic heterocycles. The van der Waals surface area contributed by atoms with Crippen LogP contribution in [-0.4, -0.2) is 31.4 Å². The van der Waals surface area contributed by atoms with Gasteiger partial charge in [0, 0.05) is 4.90 Å². The maximum Gasteiger partial charge on any atom is 0.233 e. The number of amides is 1. The van der Waals surface area contributed by atoms with Crippen molar-refractivity contribution in [1.82, 2.24) is 4.98 Å². The lowest BCUT2D eigenvalue weighted by molar-refractivity contribution is -0.118. The van der Waals surface area contributed by atoms with Crippen LogP contribution in [-0.2, 0) is 17.8 Å². The maximum absolute atomic E-state index is 13.4. The number of fused-ring (bicyclic) bond motifs is 1. The number of anilines is 1. The van der Waals surface area contributed by atoms with Crippen LogP contribution in [0.4, 0.5) is 5.13 Å². The van der Waals surface area contributed by atoms with E-state index in [0.29, 0.717) is 34.5 Å². The molecule has 0 bridgehead atoms. The van der Waals surface area contributed by atoms with Gasteiger partial charge in [-0.15, -0.1) is 11.8 Å². The van der Waals surface area contributed by atoms with Crippen molar-refractivity contribution < 1.29 is 18.7 Å². The first kappa shape index (κ1) is 21.3. The molecule has 2 aromatic heterocycles. The normalized spacial score (nSPS) is 10.9. The molecule has 0 spiro atoms. The summed E-state index contributed by atoms with van der Waals surface area (Å²) in [5, 5.41) is 0.569. The number of methoxy groups -OCH3 is 2. The summed E-state index contributed by atoms with van der Waals surface area (Å²) in [6, 6.07) is 15.3. The van der Waals surface area contributed by atoms with Crippen LogP contribution in [0.1, 0.15) is 11.3 Å². The second kappa shape index (κ2) is 9.45. The summed E-state index contributed by atoms with van der Waals surface area (Å²) in [5.41, 5.74) is 1.62. The highest BCUT2D eigenvalue weighted by Gasteiger charge is 2.24. The third-order valence-corrected chi connectivity index (χ3v) is 6.68. The summed E-state index contributed by atoms with van der Waals surface area (Å²) >= 11 is 3.07. The topological polar surface area (TPSA) is 64.8 Å². The predicted octanol–water partition coefficient (Wildman–Crippen LogP) is 5.40. The average Bonchev–Trinajstić information content (AvgIpc) is 3.47. The summed E-state index contributed by atoms with van der Waals surface area (Å²) in [5.74, 6) is 1.95. The van der Waals surface area contributed by atoms with Gasteiger partial charge in [-0.25, -0.2) is 4.98 Å². The molecule has 160 valence electrons. The fraction of sp³-hybridized carbons (Fsp3) is 0.217. The highest BCUT2D eigenvalue weighted by atomic mass is 32.2. The first-order chi connectivity index (χ1) is 15.1. The van der Waals surface area contributed by atoms with E-state index in [1.165, 1.54) is 11.3 Å². The Morgan fingerprint density at radius 2 is 1.84 bits per heavy atom. The van der Waals surface area contributed by atoms with Crippen LogP contribution in [0.15, 0.2) is 64.1 Å². The van der Waals surface area contributed by atoms with Crippen molar-refractivity contribution in [2.45, 2.75) is 17.9 Å². The molecule has 0 unspecified atom stereocenters. The number of benzene rings is 2. The number of aromatic nitrogens is 1. The van der Waals surface area contributed by atoms with Gasteiger partial charge >= 0.3 is 0 Å². The minimum Gasteiger partial charge on any atom is -0.495 e. The summed E-state index contributed by atoms with van der Waals surface area (Å²) in [6.07, 6.45) is 3.89. The molecule has 31 heavy (non-hydrogen) atoms. The van der Waals surface area contributed by atoms with Crippen molar-refractivity contribution >= 4 is 44.4 Å². The lowest BCUT2D eigenvalue weighted by Crippen LogP contribution is -2.31. The highest BCUT2D eigenvalue weighted by molar-refractivity contribution is 7.98. The van der Waals surface area contributed by atoms with Gasteiger partial charge in [0.15, 0.2) is 5.13 Å². The molecule has 0 saturated carbocycles. The minimum absolute atomic E-state index is 0.0645. The van der Waals surface area contributed by atoms with E-state index in [1.807, 2.05) is 54.8 Å². The summed E-state index contributed by atoms with van der Waals surface area (Å²) in [4.78, 5) is 20.9. The number of rotatable bonds is 8. The van der Waals surface area contributed by atoms with Crippen molar-refractivity contribution in [3.8, 4) is 11.5 Å². The Kier molecular flexibility index (Phi) is 6.48. The third-order valence-electron chi connectivity index (χ3n) is 4.84. The molecule has 4 rings (SSSR count). The zero-order valence-corrected chi connectivity index (χ0v) is 19.1. The zero-order chi connectivity index (χ0) is 21.8. The molecule has 0 atom stereocenters. The molecule has 0 aliphatic carbocycles. The van der Waals surface area contributed by atoms with E-state index >= 15 is 0 Å². The number of ether oxygens (including phenoxy) is 2. The number of thioether (sulfide) groups is 1. The molecule has 4 aromatic rings. The smallest absolute Gasteiger partial charge is 0.233 e. The maximum atomic E-state index is 13.4. The van der Waals surface area contributed by atoms with E-state index in [0.717, 1.165) is 15.2 Å². The quantitative estimate of drug-likeness (QED) is 0.332. The van der Waals surface area contributed by atoms with Crippen molar-refractivity contribution in [2.75, 3.05) is 25.4 Å². The van der Waals surface area contributed by atoms with Gasteiger partial charge in [-0.2, -0.15) is 0 Å². The molecular formula is C23H22N2O4S2. The van der Waals surface area contributed by atoms with E-state index in [4.69, 9.17) is 18.9 Å². The van der Waals surface area contributed by atoms with Gasteiger partial charge in [0.25, 0.3) is 0 Å². The average molecular weight is 455 g/mol. The predicted molar refractivity (Wildman–Crippen MR) is 125 cm³/mol. The molecule has 0 fully saturated rings. The summed E-state index contributed by atoms with van der Waals surface area (Å²) < 4.78 is 17.3. The second-order valence-corrected chi connectivity index (χ2v) is 8.59. The number of nitrogens with zero attached hydrogens (tertiary/aromatic N) is 2. The van der Waals surface area contributed by atoms with Crippen LogP contribution in [0.3, 0.4) is 0 Å². The third kappa shape index (κ3) is 4.55. The second-order valence-electron chi connectivity index (χ2n) is 6.73. The monoisotopic (exact) mass is 454 g/mol. The van der Waals surface area contributed by atoms with Gasteiger partial charge in [0.1, 0.15) is 27.5 Å². The minimum atomic E-state index is -0.0645. The summed E-state index contributed by atoms with van der Waals surface area (Å²) in [6.45, 7) is 0.291.